The van der Waals surface area contributed by atoms with Gasteiger partial charge in [-0.3, -0.25) is 14.8 Å². The van der Waals surface area contributed by atoms with Crippen LogP contribution in [0.3, 0.4) is 0 Å². The van der Waals surface area contributed by atoms with Gasteiger partial charge in [0.25, 0.3) is 0 Å². The van der Waals surface area contributed by atoms with Gasteiger partial charge in [-0.2, -0.15) is 0 Å². The Balaban J connectivity index is 1.59. The van der Waals surface area contributed by atoms with Crippen LogP contribution in [-0.2, 0) is 17.6 Å². The lowest BCUT2D eigenvalue weighted by atomic mass is 10.1. The lowest BCUT2D eigenvalue weighted by molar-refractivity contribution is -0.121. The molecule has 0 aliphatic carbocycles. The van der Waals surface area contributed by atoms with Crippen LogP contribution in [-0.4, -0.2) is 22.4 Å². The van der Waals surface area contributed by atoms with Crippen molar-refractivity contribution in [2.45, 2.75) is 25.7 Å². The fourth-order valence-electron chi connectivity index (χ4n) is 1.94. The number of hydrogen-bond donors (Lipinski definition) is 1. The number of amides is 1. The van der Waals surface area contributed by atoms with Gasteiger partial charge in [-0.25, -0.2) is 0 Å². The molecule has 0 saturated carbocycles. The van der Waals surface area contributed by atoms with Gasteiger partial charge in [-0.1, -0.05) is 12.1 Å². The second-order valence-corrected chi connectivity index (χ2v) is 4.60. The van der Waals surface area contributed by atoms with Crippen molar-refractivity contribution < 1.29 is 4.79 Å². The SMILES string of the molecule is O=C(CCCc1ccccn1)NCCc1ccccn1. The summed E-state index contributed by atoms with van der Waals surface area (Å²) in [5, 5.41) is 2.92. The minimum atomic E-state index is 0.0943. The average Bonchev–Trinajstić information content (AvgIpc) is 2.49. The Morgan fingerprint density at radius 3 is 2.20 bits per heavy atom. The van der Waals surface area contributed by atoms with E-state index in [0.717, 1.165) is 30.7 Å². The van der Waals surface area contributed by atoms with Gasteiger partial charge in [-0.15, -0.1) is 0 Å². The molecular weight excluding hydrogens is 250 g/mol. The number of carbonyl (C=O) groups is 1. The predicted octanol–water partition coefficient (Wildman–Crippen LogP) is 2.16. The third-order valence-corrected chi connectivity index (χ3v) is 2.99. The Hall–Kier alpha value is -2.23. The minimum absolute atomic E-state index is 0.0943. The molecule has 2 rings (SSSR count). The van der Waals surface area contributed by atoms with Gasteiger partial charge < -0.3 is 5.32 Å². The molecule has 0 saturated heterocycles. The molecule has 0 aromatic carbocycles. The van der Waals surface area contributed by atoms with E-state index in [2.05, 4.69) is 15.3 Å². The van der Waals surface area contributed by atoms with Crippen molar-refractivity contribution >= 4 is 5.91 Å². The van der Waals surface area contributed by atoms with Gasteiger partial charge in [0.2, 0.25) is 5.91 Å². The molecular formula is C16H19N3O. The summed E-state index contributed by atoms with van der Waals surface area (Å²) in [7, 11) is 0. The molecule has 0 aliphatic heterocycles. The van der Waals surface area contributed by atoms with E-state index in [1.165, 1.54) is 0 Å². The van der Waals surface area contributed by atoms with E-state index in [1.54, 1.807) is 12.4 Å². The standard InChI is InChI=1S/C16H19N3O/c20-16(9-5-8-14-6-1-3-11-17-14)19-13-10-15-7-2-4-12-18-15/h1-4,6-7,11-12H,5,8-10,13H2,(H,19,20). The lowest BCUT2D eigenvalue weighted by Gasteiger charge is -2.05. The summed E-state index contributed by atoms with van der Waals surface area (Å²) in [5.74, 6) is 0.0943. The number of nitrogens with zero attached hydrogens (tertiary/aromatic N) is 2. The van der Waals surface area contributed by atoms with Crippen molar-refractivity contribution in [3.63, 3.8) is 0 Å². The molecule has 0 fully saturated rings. The molecule has 0 atom stereocenters. The Morgan fingerprint density at radius 1 is 0.950 bits per heavy atom. The highest BCUT2D eigenvalue weighted by molar-refractivity contribution is 5.75. The van der Waals surface area contributed by atoms with E-state index in [1.807, 2.05) is 36.4 Å². The molecule has 4 nitrogen and oxygen atoms in total. The number of rotatable bonds is 7. The maximum Gasteiger partial charge on any atom is 0.220 e. The summed E-state index contributed by atoms with van der Waals surface area (Å²) in [4.78, 5) is 20.1. The molecule has 2 aromatic heterocycles. The van der Waals surface area contributed by atoms with Crippen LogP contribution in [0.2, 0.25) is 0 Å². The monoisotopic (exact) mass is 269 g/mol. The second kappa shape index (κ2) is 8.04. The molecule has 0 radical (unpaired) electrons. The highest BCUT2D eigenvalue weighted by Gasteiger charge is 2.02. The van der Waals surface area contributed by atoms with Gasteiger partial charge in [0, 0.05) is 43.2 Å². The summed E-state index contributed by atoms with van der Waals surface area (Å²) in [6.45, 7) is 0.638. The molecule has 0 spiro atoms. The third-order valence-electron chi connectivity index (χ3n) is 2.99. The molecule has 4 heteroatoms. The zero-order chi connectivity index (χ0) is 14.0. The van der Waals surface area contributed by atoms with Gasteiger partial charge in [0.15, 0.2) is 0 Å². The Bertz CT molecular complexity index is 466. The molecule has 2 aromatic rings. The van der Waals surface area contributed by atoms with Crippen LogP contribution in [0.4, 0.5) is 0 Å². The largest absolute Gasteiger partial charge is 0.356 e. The first-order valence-corrected chi connectivity index (χ1v) is 6.91. The highest BCUT2D eigenvalue weighted by atomic mass is 16.1. The molecule has 0 aliphatic rings. The first-order chi connectivity index (χ1) is 9.84. The predicted molar refractivity (Wildman–Crippen MR) is 78.1 cm³/mol. The number of hydrogen-bond acceptors (Lipinski definition) is 3. The minimum Gasteiger partial charge on any atom is -0.356 e. The van der Waals surface area contributed by atoms with Crippen molar-refractivity contribution in [2.75, 3.05) is 6.54 Å². The van der Waals surface area contributed by atoms with E-state index in [9.17, 15) is 4.79 Å². The van der Waals surface area contributed by atoms with Crippen molar-refractivity contribution in [3.05, 3.63) is 60.2 Å². The van der Waals surface area contributed by atoms with Crippen LogP contribution in [0.25, 0.3) is 0 Å². The number of aryl methyl sites for hydroxylation is 1. The number of pyridine rings is 2. The summed E-state index contributed by atoms with van der Waals surface area (Å²) in [6.07, 6.45) is 6.53. The maximum absolute atomic E-state index is 11.7. The molecule has 20 heavy (non-hydrogen) atoms. The molecule has 2 heterocycles. The van der Waals surface area contributed by atoms with Crippen molar-refractivity contribution in [2.24, 2.45) is 0 Å². The van der Waals surface area contributed by atoms with E-state index in [0.29, 0.717) is 13.0 Å². The van der Waals surface area contributed by atoms with Gasteiger partial charge in [-0.05, 0) is 37.1 Å². The van der Waals surface area contributed by atoms with Gasteiger partial charge >= 0.3 is 0 Å². The van der Waals surface area contributed by atoms with Crippen LogP contribution in [0.1, 0.15) is 24.2 Å². The fourth-order valence-corrected chi connectivity index (χ4v) is 1.94. The van der Waals surface area contributed by atoms with Crippen LogP contribution >= 0.6 is 0 Å². The van der Waals surface area contributed by atoms with Crippen molar-refractivity contribution in [1.82, 2.24) is 15.3 Å². The average molecular weight is 269 g/mol. The van der Waals surface area contributed by atoms with Gasteiger partial charge in [0.1, 0.15) is 0 Å². The van der Waals surface area contributed by atoms with E-state index < -0.39 is 0 Å². The quantitative estimate of drug-likeness (QED) is 0.838. The van der Waals surface area contributed by atoms with Crippen molar-refractivity contribution in [1.29, 1.82) is 0 Å². The lowest BCUT2D eigenvalue weighted by Crippen LogP contribution is -2.25. The Morgan fingerprint density at radius 2 is 1.60 bits per heavy atom. The first-order valence-electron chi connectivity index (χ1n) is 6.91. The summed E-state index contributed by atoms with van der Waals surface area (Å²) in [6, 6.07) is 11.7. The van der Waals surface area contributed by atoms with E-state index in [4.69, 9.17) is 0 Å². The Labute approximate surface area is 119 Å². The fraction of sp³-hybridized carbons (Fsp3) is 0.312. The zero-order valence-electron chi connectivity index (χ0n) is 11.5. The topological polar surface area (TPSA) is 54.9 Å². The number of nitrogens with one attached hydrogen (secondary N) is 1. The Kier molecular flexibility index (Phi) is 5.71. The second-order valence-electron chi connectivity index (χ2n) is 4.60. The first kappa shape index (κ1) is 14.2. The molecule has 0 bridgehead atoms. The van der Waals surface area contributed by atoms with E-state index >= 15 is 0 Å². The van der Waals surface area contributed by atoms with Crippen LogP contribution in [0, 0.1) is 0 Å². The summed E-state index contributed by atoms with van der Waals surface area (Å²) >= 11 is 0. The van der Waals surface area contributed by atoms with Crippen LogP contribution < -0.4 is 5.32 Å². The van der Waals surface area contributed by atoms with E-state index in [-0.39, 0.29) is 5.91 Å². The summed E-state index contributed by atoms with van der Waals surface area (Å²) < 4.78 is 0. The highest BCUT2D eigenvalue weighted by Crippen LogP contribution is 2.01. The van der Waals surface area contributed by atoms with Gasteiger partial charge in [0.05, 0.1) is 0 Å². The normalized spacial score (nSPS) is 10.2. The summed E-state index contributed by atoms with van der Waals surface area (Å²) in [5.41, 5.74) is 2.04. The molecule has 1 N–H and O–H groups in total. The number of aromatic nitrogens is 2. The van der Waals surface area contributed by atoms with Crippen LogP contribution in [0.15, 0.2) is 48.8 Å². The molecule has 1 amide bonds. The van der Waals surface area contributed by atoms with Crippen molar-refractivity contribution in [3.8, 4) is 0 Å². The van der Waals surface area contributed by atoms with Crippen LogP contribution in [0.5, 0.6) is 0 Å². The smallest absolute Gasteiger partial charge is 0.220 e. The molecule has 104 valence electrons. The third kappa shape index (κ3) is 5.18. The number of carbonyl (C=O) groups excluding carboxylic acids is 1. The maximum atomic E-state index is 11.7. The zero-order valence-corrected chi connectivity index (χ0v) is 11.5. The molecule has 0 unspecified atom stereocenters.